The third-order valence-corrected chi connectivity index (χ3v) is 3.64. The molecule has 0 aliphatic heterocycles. The van der Waals surface area contributed by atoms with Crippen molar-refractivity contribution in [2.75, 3.05) is 23.7 Å². The van der Waals surface area contributed by atoms with Crippen LogP contribution in [0.2, 0.25) is 0 Å². The second kappa shape index (κ2) is 9.03. The minimum Gasteiger partial charge on any atom is -0.367 e. The molecular formula is C18H17N7O3. The van der Waals surface area contributed by atoms with Gasteiger partial charge in [-0.1, -0.05) is 6.07 Å². The van der Waals surface area contributed by atoms with Crippen LogP contribution in [0, 0.1) is 10.1 Å². The lowest BCUT2D eigenvalue weighted by Crippen LogP contribution is -2.28. The first-order valence-corrected chi connectivity index (χ1v) is 8.40. The van der Waals surface area contributed by atoms with Gasteiger partial charge in [-0.05, 0) is 36.4 Å². The molecule has 0 spiro atoms. The average Bonchev–Trinajstić information content (AvgIpc) is 2.73. The Morgan fingerprint density at radius 3 is 2.32 bits per heavy atom. The number of carbonyl (C=O) groups is 1. The van der Waals surface area contributed by atoms with Gasteiger partial charge in [0.2, 0.25) is 0 Å². The Kier molecular flexibility index (Phi) is 6.03. The van der Waals surface area contributed by atoms with Crippen LogP contribution in [-0.4, -0.2) is 39.1 Å². The molecule has 0 aliphatic rings. The highest BCUT2D eigenvalue weighted by atomic mass is 16.6. The van der Waals surface area contributed by atoms with Crippen LogP contribution in [0.5, 0.6) is 0 Å². The average molecular weight is 379 g/mol. The fourth-order valence-electron chi connectivity index (χ4n) is 2.26. The molecule has 0 unspecified atom stereocenters. The second-order valence-electron chi connectivity index (χ2n) is 5.63. The standard InChI is InChI=1S/C18H17N7O3/c26-18(13-4-6-14(7-5-13)25(27)28)21-12-11-20-16-8-9-17(24-23-16)22-15-3-1-2-10-19-15/h1-10H,11-12H2,(H,20,23)(H,21,26)(H,19,22,24). The first kappa shape index (κ1) is 18.7. The van der Waals surface area contributed by atoms with Gasteiger partial charge in [-0.2, -0.15) is 0 Å². The zero-order chi connectivity index (χ0) is 19.8. The van der Waals surface area contributed by atoms with E-state index in [-0.39, 0.29) is 11.6 Å². The molecule has 0 saturated heterocycles. The molecule has 2 aromatic heterocycles. The van der Waals surface area contributed by atoms with Crippen molar-refractivity contribution in [3.63, 3.8) is 0 Å². The van der Waals surface area contributed by atoms with Gasteiger partial charge in [0.05, 0.1) is 4.92 Å². The summed E-state index contributed by atoms with van der Waals surface area (Å²) in [5.41, 5.74) is 0.299. The Balaban J connectivity index is 1.42. The molecule has 10 heteroatoms. The Labute approximate surface area is 160 Å². The number of aromatic nitrogens is 3. The lowest BCUT2D eigenvalue weighted by molar-refractivity contribution is -0.384. The number of nitro benzene ring substituents is 1. The highest BCUT2D eigenvalue weighted by molar-refractivity contribution is 5.94. The maximum atomic E-state index is 12.0. The summed E-state index contributed by atoms with van der Waals surface area (Å²) in [7, 11) is 0. The number of non-ortho nitro benzene ring substituents is 1. The minimum absolute atomic E-state index is 0.0576. The third kappa shape index (κ3) is 5.21. The molecule has 28 heavy (non-hydrogen) atoms. The number of amides is 1. The van der Waals surface area contributed by atoms with Crippen LogP contribution < -0.4 is 16.0 Å². The summed E-state index contributed by atoms with van der Waals surface area (Å²) in [6, 6.07) is 14.5. The molecule has 10 nitrogen and oxygen atoms in total. The van der Waals surface area contributed by atoms with Crippen LogP contribution >= 0.6 is 0 Å². The molecule has 0 bridgehead atoms. The summed E-state index contributed by atoms with van der Waals surface area (Å²) < 4.78 is 0. The van der Waals surface area contributed by atoms with Gasteiger partial charge in [0.25, 0.3) is 11.6 Å². The van der Waals surface area contributed by atoms with Crippen molar-refractivity contribution in [2.24, 2.45) is 0 Å². The smallest absolute Gasteiger partial charge is 0.269 e. The molecule has 0 saturated carbocycles. The van der Waals surface area contributed by atoms with Gasteiger partial charge in [-0.25, -0.2) is 4.98 Å². The van der Waals surface area contributed by atoms with Gasteiger partial charge < -0.3 is 16.0 Å². The summed E-state index contributed by atoms with van der Waals surface area (Å²) in [6.07, 6.45) is 1.68. The van der Waals surface area contributed by atoms with Crippen LogP contribution in [0.1, 0.15) is 10.4 Å². The second-order valence-corrected chi connectivity index (χ2v) is 5.63. The van der Waals surface area contributed by atoms with Gasteiger partial charge in [0.1, 0.15) is 11.6 Å². The van der Waals surface area contributed by atoms with Crippen LogP contribution in [0.3, 0.4) is 0 Å². The molecule has 1 amide bonds. The molecule has 3 aromatic rings. The molecule has 142 valence electrons. The largest absolute Gasteiger partial charge is 0.367 e. The van der Waals surface area contributed by atoms with E-state index in [4.69, 9.17) is 0 Å². The van der Waals surface area contributed by atoms with Gasteiger partial charge in [-0.3, -0.25) is 14.9 Å². The molecule has 0 fully saturated rings. The summed E-state index contributed by atoms with van der Waals surface area (Å²) in [6.45, 7) is 0.797. The fraction of sp³-hybridized carbons (Fsp3) is 0.111. The number of anilines is 3. The van der Waals surface area contributed by atoms with Crippen molar-refractivity contribution in [3.8, 4) is 0 Å². The van der Waals surface area contributed by atoms with Crippen molar-refractivity contribution < 1.29 is 9.72 Å². The summed E-state index contributed by atoms with van der Waals surface area (Å²) in [5, 5.41) is 27.5. The highest BCUT2D eigenvalue weighted by Gasteiger charge is 2.08. The number of benzene rings is 1. The van der Waals surface area contributed by atoms with E-state index in [1.165, 1.54) is 24.3 Å². The number of carbonyl (C=O) groups excluding carboxylic acids is 1. The van der Waals surface area contributed by atoms with Crippen molar-refractivity contribution in [3.05, 3.63) is 76.5 Å². The number of hydrogen-bond donors (Lipinski definition) is 3. The topological polar surface area (TPSA) is 135 Å². The van der Waals surface area contributed by atoms with Gasteiger partial charge >= 0.3 is 0 Å². The molecule has 3 rings (SSSR count). The van der Waals surface area contributed by atoms with Gasteiger partial charge in [-0.15, -0.1) is 10.2 Å². The molecule has 1 aromatic carbocycles. The van der Waals surface area contributed by atoms with Gasteiger partial charge in [0.15, 0.2) is 5.82 Å². The number of rotatable bonds is 8. The Morgan fingerprint density at radius 2 is 1.68 bits per heavy atom. The van der Waals surface area contributed by atoms with Crippen molar-refractivity contribution in [1.29, 1.82) is 0 Å². The Bertz CT molecular complexity index is 932. The van der Waals surface area contributed by atoms with E-state index in [0.29, 0.717) is 36.1 Å². The Hall–Kier alpha value is -4.08. The van der Waals surface area contributed by atoms with Crippen LogP contribution in [-0.2, 0) is 0 Å². The van der Waals surface area contributed by atoms with E-state index in [1.807, 2.05) is 18.2 Å². The monoisotopic (exact) mass is 379 g/mol. The first-order chi connectivity index (χ1) is 13.6. The summed E-state index contributed by atoms with van der Waals surface area (Å²) >= 11 is 0. The number of pyridine rings is 1. The van der Waals surface area contributed by atoms with E-state index < -0.39 is 4.92 Å². The maximum absolute atomic E-state index is 12.0. The molecular weight excluding hydrogens is 362 g/mol. The van der Waals surface area contributed by atoms with E-state index >= 15 is 0 Å². The van der Waals surface area contributed by atoms with E-state index in [0.717, 1.165) is 0 Å². The SMILES string of the molecule is O=C(NCCNc1ccc(Nc2ccccn2)nn1)c1ccc([N+](=O)[O-])cc1. The first-order valence-electron chi connectivity index (χ1n) is 8.40. The third-order valence-electron chi connectivity index (χ3n) is 3.64. The Morgan fingerprint density at radius 1 is 0.929 bits per heavy atom. The van der Waals surface area contributed by atoms with E-state index in [9.17, 15) is 14.9 Å². The predicted octanol–water partition coefficient (Wildman–Crippen LogP) is 2.37. The zero-order valence-electron chi connectivity index (χ0n) is 14.7. The summed E-state index contributed by atoms with van der Waals surface area (Å²) in [4.78, 5) is 26.3. The maximum Gasteiger partial charge on any atom is 0.269 e. The predicted molar refractivity (Wildman–Crippen MR) is 103 cm³/mol. The van der Waals surface area contributed by atoms with Crippen molar-refractivity contribution in [2.45, 2.75) is 0 Å². The minimum atomic E-state index is -0.510. The molecule has 0 aliphatic carbocycles. The zero-order valence-corrected chi connectivity index (χ0v) is 14.7. The quantitative estimate of drug-likeness (QED) is 0.308. The molecule has 0 atom stereocenters. The van der Waals surface area contributed by atoms with Gasteiger partial charge in [0, 0.05) is 37.0 Å². The number of hydrogen-bond acceptors (Lipinski definition) is 8. The van der Waals surface area contributed by atoms with E-state index in [2.05, 4.69) is 31.1 Å². The van der Waals surface area contributed by atoms with Crippen LogP contribution in [0.15, 0.2) is 60.8 Å². The molecule has 0 radical (unpaired) electrons. The van der Waals surface area contributed by atoms with Crippen LogP contribution in [0.25, 0.3) is 0 Å². The molecule has 2 heterocycles. The summed E-state index contributed by atoms with van der Waals surface area (Å²) in [5.74, 6) is 1.50. The lowest BCUT2D eigenvalue weighted by Gasteiger charge is -2.08. The van der Waals surface area contributed by atoms with Crippen LogP contribution in [0.4, 0.5) is 23.1 Å². The van der Waals surface area contributed by atoms with E-state index in [1.54, 1.807) is 18.3 Å². The number of nitrogens with zero attached hydrogens (tertiary/aromatic N) is 4. The number of nitro groups is 1. The fourth-order valence-corrected chi connectivity index (χ4v) is 2.26. The number of nitrogens with one attached hydrogen (secondary N) is 3. The molecule has 3 N–H and O–H groups in total. The lowest BCUT2D eigenvalue weighted by atomic mass is 10.2. The van der Waals surface area contributed by atoms with Crippen molar-refractivity contribution in [1.82, 2.24) is 20.5 Å². The highest BCUT2D eigenvalue weighted by Crippen LogP contribution is 2.12. The normalized spacial score (nSPS) is 10.1. The van der Waals surface area contributed by atoms with Crippen molar-refractivity contribution >= 4 is 29.0 Å².